The van der Waals surface area contributed by atoms with Crippen molar-refractivity contribution in [1.29, 1.82) is 0 Å². The van der Waals surface area contributed by atoms with Crippen LogP contribution in [0.3, 0.4) is 0 Å². The molecule has 1 aromatic carbocycles. The molecule has 0 radical (unpaired) electrons. The van der Waals surface area contributed by atoms with E-state index >= 15 is 0 Å². The molecule has 5 nitrogen and oxygen atoms in total. The molecule has 0 aliphatic carbocycles. The number of rotatable bonds is 5. The average molecular weight is 395 g/mol. The highest BCUT2D eigenvalue weighted by Crippen LogP contribution is 2.27. The zero-order valence-electron chi connectivity index (χ0n) is 12.0. The van der Waals surface area contributed by atoms with Crippen molar-refractivity contribution in [2.24, 2.45) is 0 Å². The molecule has 0 atom stereocenters. The van der Waals surface area contributed by atoms with Gasteiger partial charge in [0.25, 0.3) is 0 Å². The van der Waals surface area contributed by atoms with Gasteiger partial charge in [-0.2, -0.15) is 0 Å². The molecule has 2 aromatic heterocycles. The van der Waals surface area contributed by atoms with Gasteiger partial charge < -0.3 is 15.1 Å². The van der Waals surface area contributed by atoms with Gasteiger partial charge in [-0.3, -0.25) is 4.79 Å². The number of fused-ring (bicyclic) bond motifs is 1. The summed E-state index contributed by atoms with van der Waals surface area (Å²) in [7, 11) is 0. The van der Waals surface area contributed by atoms with E-state index in [4.69, 9.17) is 16.0 Å². The van der Waals surface area contributed by atoms with Crippen LogP contribution in [0.5, 0.6) is 0 Å². The van der Waals surface area contributed by atoms with Crippen LogP contribution in [0.1, 0.15) is 5.76 Å². The predicted molar refractivity (Wildman–Crippen MR) is 93.5 cm³/mol. The third-order valence-corrected chi connectivity index (χ3v) is 3.93. The summed E-state index contributed by atoms with van der Waals surface area (Å²) in [6.45, 7) is 0.478. The number of carbonyl (C=O) groups is 1. The Labute approximate surface area is 146 Å². The second-order valence-electron chi connectivity index (χ2n) is 4.87. The lowest BCUT2D eigenvalue weighted by Crippen LogP contribution is -2.29. The van der Waals surface area contributed by atoms with Crippen molar-refractivity contribution < 1.29 is 9.21 Å². The number of hydrogen-bond donors (Lipinski definition) is 2. The minimum atomic E-state index is -0.148. The number of furan rings is 1. The molecule has 0 fully saturated rings. The predicted octanol–water partition coefficient (Wildman–Crippen LogP) is 3.97. The molecule has 2 N–H and O–H groups in total. The second-order valence-corrected chi connectivity index (χ2v) is 6.19. The van der Waals surface area contributed by atoms with Gasteiger partial charge in [0.2, 0.25) is 5.91 Å². The van der Waals surface area contributed by atoms with Crippen LogP contribution >= 0.6 is 27.5 Å². The average Bonchev–Trinajstić information content (AvgIpc) is 3.04. The number of nitrogens with one attached hydrogen (secondary N) is 2. The summed E-state index contributed by atoms with van der Waals surface area (Å²) in [6.07, 6.45) is 1.57. The van der Waals surface area contributed by atoms with Gasteiger partial charge in [-0.1, -0.05) is 27.5 Å². The van der Waals surface area contributed by atoms with Crippen LogP contribution in [0.25, 0.3) is 10.9 Å². The molecule has 0 aliphatic heterocycles. The van der Waals surface area contributed by atoms with E-state index in [2.05, 4.69) is 31.5 Å². The maximum absolute atomic E-state index is 11.8. The van der Waals surface area contributed by atoms with Crippen molar-refractivity contribution in [1.82, 2.24) is 10.3 Å². The number of pyridine rings is 1. The van der Waals surface area contributed by atoms with Gasteiger partial charge in [-0.15, -0.1) is 0 Å². The topological polar surface area (TPSA) is 67.2 Å². The first kappa shape index (κ1) is 15.8. The molecule has 0 unspecified atom stereocenters. The quantitative estimate of drug-likeness (QED) is 0.687. The highest BCUT2D eigenvalue weighted by atomic mass is 79.9. The van der Waals surface area contributed by atoms with Crippen LogP contribution in [-0.4, -0.2) is 17.4 Å². The summed E-state index contributed by atoms with van der Waals surface area (Å²) in [5.74, 6) is 1.15. The largest absolute Gasteiger partial charge is 0.467 e. The molecule has 7 heteroatoms. The Morgan fingerprint density at radius 1 is 1.30 bits per heavy atom. The molecular formula is C16H13BrClN3O2. The SMILES string of the molecule is O=C(CNc1ccc2cc(Br)cc(Cl)c2n1)NCc1ccco1. The molecule has 1 amide bonds. The molecule has 3 aromatic rings. The number of halogens is 2. The van der Waals surface area contributed by atoms with Crippen molar-refractivity contribution >= 4 is 50.2 Å². The number of hydrogen-bond acceptors (Lipinski definition) is 4. The number of benzene rings is 1. The standard InChI is InChI=1S/C16H13BrClN3O2/c17-11-6-10-3-4-14(21-16(10)13(18)7-11)19-9-15(22)20-8-12-2-1-5-23-12/h1-7H,8-9H2,(H,19,21)(H,20,22). The number of anilines is 1. The van der Waals surface area contributed by atoms with Crippen LogP contribution in [0, 0.1) is 0 Å². The lowest BCUT2D eigenvalue weighted by Gasteiger charge is -2.08. The van der Waals surface area contributed by atoms with E-state index in [0.29, 0.717) is 28.7 Å². The highest BCUT2D eigenvalue weighted by Gasteiger charge is 2.06. The second kappa shape index (κ2) is 7.02. The first-order valence-electron chi connectivity index (χ1n) is 6.90. The first-order chi connectivity index (χ1) is 11.1. The third-order valence-electron chi connectivity index (χ3n) is 3.18. The van der Waals surface area contributed by atoms with E-state index < -0.39 is 0 Å². The summed E-state index contributed by atoms with van der Waals surface area (Å²) >= 11 is 9.59. The Morgan fingerprint density at radius 2 is 2.17 bits per heavy atom. The molecule has 0 spiro atoms. The van der Waals surface area contributed by atoms with Gasteiger partial charge in [0.05, 0.1) is 29.9 Å². The summed E-state index contributed by atoms with van der Waals surface area (Å²) in [4.78, 5) is 16.2. The number of nitrogens with zero attached hydrogens (tertiary/aromatic N) is 1. The zero-order chi connectivity index (χ0) is 16.2. The molecule has 118 valence electrons. The highest BCUT2D eigenvalue weighted by molar-refractivity contribution is 9.10. The number of amides is 1. The maximum atomic E-state index is 11.8. The molecule has 23 heavy (non-hydrogen) atoms. The molecular weight excluding hydrogens is 382 g/mol. The monoisotopic (exact) mass is 393 g/mol. The van der Waals surface area contributed by atoms with Crippen molar-refractivity contribution in [2.75, 3.05) is 11.9 Å². The van der Waals surface area contributed by atoms with Gasteiger partial charge in [0, 0.05) is 9.86 Å². The lowest BCUT2D eigenvalue weighted by atomic mass is 10.2. The molecule has 0 saturated carbocycles. The lowest BCUT2D eigenvalue weighted by molar-refractivity contribution is -0.119. The van der Waals surface area contributed by atoms with Gasteiger partial charge in [-0.25, -0.2) is 4.98 Å². The van der Waals surface area contributed by atoms with Crippen molar-refractivity contribution in [3.8, 4) is 0 Å². The fourth-order valence-corrected chi connectivity index (χ4v) is 2.96. The first-order valence-corrected chi connectivity index (χ1v) is 8.08. The van der Waals surface area contributed by atoms with E-state index in [-0.39, 0.29) is 12.5 Å². The van der Waals surface area contributed by atoms with Gasteiger partial charge in [-0.05, 0) is 36.4 Å². The van der Waals surface area contributed by atoms with E-state index in [1.807, 2.05) is 18.2 Å². The van der Waals surface area contributed by atoms with Crippen molar-refractivity contribution in [3.63, 3.8) is 0 Å². The number of carbonyl (C=O) groups excluding carboxylic acids is 1. The van der Waals surface area contributed by atoms with Crippen molar-refractivity contribution in [2.45, 2.75) is 6.54 Å². The summed E-state index contributed by atoms with van der Waals surface area (Å²) in [5.41, 5.74) is 0.691. The Bertz CT molecular complexity index is 837. The minimum Gasteiger partial charge on any atom is -0.467 e. The van der Waals surface area contributed by atoms with E-state index in [1.165, 1.54) is 0 Å². The fourth-order valence-electron chi connectivity index (χ4n) is 2.09. The summed E-state index contributed by atoms with van der Waals surface area (Å²) in [6, 6.07) is 11.0. The number of aromatic nitrogens is 1. The Morgan fingerprint density at radius 3 is 2.96 bits per heavy atom. The van der Waals surface area contributed by atoms with Crippen LogP contribution in [-0.2, 0) is 11.3 Å². The van der Waals surface area contributed by atoms with E-state index in [0.717, 1.165) is 9.86 Å². The molecule has 0 bridgehead atoms. The fraction of sp³-hybridized carbons (Fsp3) is 0.125. The van der Waals surface area contributed by atoms with Crippen LogP contribution in [0.2, 0.25) is 5.02 Å². The van der Waals surface area contributed by atoms with E-state index in [9.17, 15) is 4.79 Å². The van der Waals surface area contributed by atoms with Gasteiger partial charge in [0.1, 0.15) is 11.6 Å². The Kier molecular flexibility index (Phi) is 4.83. The molecule has 0 aliphatic rings. The van der Waals surface area contributed by atoms with Gasteiger partial charge in [0.15, 0.2) is 0 Å². The zero-order valence-corrected chi connectivity index (χ0v) is 14.3. The summed E-state index contributed by atoms with van der Waals surface area (Å²) in [5, 5.41) is 7.22. The third kappa shape index (κ3) is 4.03. The maximum Gasteiger partial charge on any atom is 0.239 e. The van der Waals surface area contributed by atoms with Crippen molar-refractivity contribution in [3.05, 3.63) is 57.9 Å². The normalized spacial score (nSPS) is 10.7. The Balaban J connectivity index is 1.61. The Hall–Kier alpha value is -2.05. The van der Waals surface area contributed by atoms with Gasteiger partial charge >= 0.3 is 0 Å². The minimum absolute atomic E-state index is 0.118. The van der Waals surface area contributed by atoms with Crippen LogP contribution < -0.4 is 10.6 Å². The van der Waals surface area contributed by atoms with Crippen LogP contribution in [0.4, 0.5) is 5.82 Å². The van der Waals surface area contributed by atoms with Crippen LogP contribution in [0.15, 0.2) is 51.6 Å². The smallest absolute Gasteiger partial charge is 0.239 e. The molecule has 0 saturated heterocycles. The molecule has 2 heterocycles. The molecule has 3 rings (SSSR count). The summed E-state index contributed by atoms with van der Waals surface area (Å²) < 4.78 is 6.05. The van der Waals surface area contributed by atoms with E-state index in [1.54, 1.807) is 24.5 Å².